The molecule has 0 unspecified atom stereocenters. The highest BCUT2D eigenvalue weighted by Gasteiger charge is 2.37. The van der Waals surface area contributed by atoms with Crippen LogP contribution in [-0.2, 0) is 0 Å². The minimum atomic E-state index is -0.427. The number of carbonyl (C=O) groups is 3. The van der Waals surface area contributed by atoms with Gasteiger partial charge in [-0.25, -0.2) is 4.90 Å². The smallest absolute Gasteiger partial charge is 0.266 e. The minimum absolute atomic E-state index is 0.225. The molecule has 8 heteroatoms. The Morgan fingerprint density at radius 2 is 1.47 bits per heavy atom. The van der Waals surface area contributed by atoms with Crippen molar-refractivity contribution in [2.45, 2.75) is 0 Å². The number of nitrogens with zero attached hydrogens (tertiary/aromatic N) is 1. The predicted octanol–water partition coefficient (Wildman–Crippen LogP) is 6.15. The Morgan fingerprint density at radius 3 is 2.22 bits per heavy atom. The summed E-state index contributed by atoms with van der Waals surface area (Å²) in [4.78, 5) is 39.8. The molecule has 0 bridgehead atoms. The first-order valence-electron chi connectivity index (χ1n) is 11.0. The van der Waals surface area contributed by atoms with Gasteiger partial charge < -0.3 is 14.8 Å². The van der Waals surface area contributed by atoms with Crippen molar-refractivity contribution in [3.8, 4) is 17.2 Å². The standard InChI is InChI=1S/C28H19IN2O5/c1-35-19-11-9-18(10-12-19)31-27(33)22-14-13-21(16-24(22)28(31)34)36-20-6-4-5-17(15-20)30-26(32)23-7-2-3-8-25(23)29/h2-16H,1H3,(H,30,32). The molecule has 0 aromatic heterocycles. The van der Waals surface area contributed by atoms with Gasteiger partial charge in [0.1, 0.15) is 17.2 Å². The van der Waals surface area contributed by atoms with Gasteiger partial charge in [0.05, 0.1) is 29.5 Å². The molecule has 7 nitrogen and oxygen atoms in total. The van der Waals surface area contributed by atoms with Crippen LogP contribution in [0.25, 0.3) is 0 Å². The Labute approximate surface area is 220 Å². The summed E-state index contributed by atoms with van der Waals surface area (Å²) in [5.41, 5.74) is 2.17. The average Bonchev–Trinajstić information content (AvgIpc) is 3.13. The fourth-order valence-corrected chi connectivity index (χ4v) is 4.50. The van der Waals surface area contributed by atoms with Gasteiger partial charge >= 0.3 is 0 Å². The van der Waals surface area contributed by atoms with Crippen molar-refractivity contribution in [2.24, 2.45) is 0 Å². The zero-order valence-electron chi connectivity index (χ0n) is 19.0. The summed E-state index contributed by atoms with van der Waals surface area (Å²) in [6.07, 6.45) is 0. The van der Waals surface area contributed by atoms with Crippen molar-refractivity contribution in [3.63, 3.8) is 0 Å². The SMILES string of the molecule is COc1ccc(N2C(=O)c3ccc(Oc4cccc(NC(=O)c5ccccc5I)c4)cc3C2=O)cc1. The highest BCUT2D eigenvalue weighted by Crippen LogP contribution is 2.33. The molecule has 5 rings (SSSR count). The first-order valence-corrected chi connectivity index (χ1v) is 12.0. The molecule has 0 radical (unpaired) electrons. The fraction of sp³-hybridized carbons (Fsp3) is 0.0357. The lowest BCUT2D eigenvalue weighted by molar-refractivity contribution is 0.0924. The Bertz CT molecular complexity index is 1500. The molecule has 3 amide bonds. The molecular weight excluding hydrogens is 571 g/mol. The van der Waals surface area contributed by atoms with E-state index in [-0.39, 0.29) is 11.5 Å². The topological polar surface area (TPSA) is 84.9 Å². The number of anilines is 2. The van der Waals surface area contributed by atoms with Crippen molar-refractivity contribution >= 4 is 51.7 Å². The molecular formula is C28H19IN2O5. The zero-order valence-corrected chi connectivity index (χ0v) is 21.2. The van der Waals surface area contributed by atoms with E-state index in [4.69, 9.17) is 9.47 Å². The molecule has 1 heterocycles. The summed E-state index contributed by atoms with van der Waals surface area (Å²) in [5, 5.41) is 2.87. The van der Waals surface area contributed by atoms with Gasteiger partial charge in [0.25, 0.3) is 17.7 Å². The van der Waals surface area contributed by atoms with E-state index in [0.29, 0.717) is 39.8 Å². The minimum Gasteiger partial charge on any atom is -0.497 e. The lowest BCUT2D eigenvalue weighted by Gasteiger charge is -2.14. The number of ether oxygens (including phenoxy) is 2. The van der Waals surface area contributed by atoms with E-state index in [1.54, 1.807) is 79.9 Å². The highest BCUT2D eigenvalue weighted by molar-refractivity contribution is 14.1. The quantitative estimate of drug-likeness (QED) is 0.215. The molecule has 4 aromatic rings. The second-order valence-corrected chi connectivity index (χ2v) is 9.08. The molecule has 0 spiro atoms. The van der Waals surface area contributed by atoms with Crippen LogP contribution >= 0.6 is 22.6 Å². The Morgan fingerprint density at radius 1 is 0.778 bits per heavy atom. The molecule has 4 aromatic carbocycles. The lowest BCUT2D eigenvalue weighted by atomic mass is 10.1. The van der Waals surface area contributed by atoms with E-state index in [9.17, 15) is 14.4 Å². The van der Waals surface area contributed by atoms with Gasteiger partial charge in [0.2, 0.25) is 0 Å². The maximum atomic E-state index is 13.1. The third-order valence-corrected chi connectivity index (χ3v) is 6.58. The molecule has 1 aliphatic rings. The maximum absolute atomic E-state index is 13.1. The van der Waals surface area contributed by atoms with Gasteiger partial charge in [-0.2, -0.15) is 0 Å². The van der Waals surface area contributed by atoms with Crippen molar-refractivity contribution in [1.29, 1.82) is 0 Å². The molecule has 0 saturated heterocycles. The first kappa shape index (κ1) is 23.6. The molecule has 0 aliphatic carbocycles. The third-order valence-electron chi connectivity index (χ3n) is 5.63. The Hall–Kier alpha value is -4.18. The van der Waals surface area contributed by atoms with Gasteiger partial charge in [-0.1, -0.05) is 18.2 Å². The number of amides is 3. The van der Waals surface area contributed by atoms with E-state index >= 15 is 0 Å². The summed E-state index contributed by atoms with van der Waals surface area (Å²) in [6, 6.07) is 25.7. The number of imide groups is 1. The van der Waals surface area contributed by atoms with Crippen LogP contribution in [0.3, 0.4) is 0 Å². The molecule has 178 valence electrons. The normalized spacial score (nSPS) is 12.3. The highest BCUT2D eigenvalue weighted by atomic mass is 127. The summed E-state index contributed by atoms with van der Waals surface area (Å²) in [5.74, 6) is 0.448. The molecule has 1 N–H and O–H groups in total. The second kappa shape index (κ2) is 9.82. The number of fused-ring (bicyclic) bond motifs is 1. The Kier molecular flexibility index (Phi) is 6.43. The van der Waals surface area contributed by atoms with E-state index in [0.717, 1.165) is 8.47 Å². The van der Waals surface area contributed by atoms with Crippen LogP contribution in [0.1, 0.15) is 31.1 Å². The van der Waals surface area contributed by atoms with Crippen molar-refractivity contribution in [1.82, 2.24) is 0 Å². The second-order valence-electron chi connectivity index (χ2n) is 7.91. The number of halogens is 1. The van der Waals surface area contributed by atoms with E-state index in [2.05, 4.69) is 27.9 Å². The number of carbonyl (C=O) groups excluding carboxylic acids is 3. The largest absolute Gasteiger partial charge is 0.497 e. The fourth-order valence-electron chi connectivity index (χ4n) is 3.87. The molecule has 0 saturated carbocycles. The van der Waals surface area contributed by atoms with Crippen molar-refractivity contribution in [3.05, 3.63) is 111 Å². The van der Waals surface area contributed by atoms with Crippen LogP contribution in [0.5, 0.6) is 17.2 Å². The lowest BCUT2D eigenvalue weighted by Crippen LogP contribution is -2.29. The van der Waals surface area contributed by atoms with Gasteiger partial charge in [0.15, 0.2) is 0 Å². The number of hydrogen-bond acceptors (Lipinski definition) is 5. The summed E-state index contributed by atoms with van der Waals surface area (Å²) >= 11 is 2.12. The van der Waals surface area contributed by atoms with Crippen LogP contribution in [-0.4, -0.2) is 24.8 Å². The van der Waals surface area contributed by atoms with E-state index in [1.165, 1.54) is 0 Å². The third kappa shape index (κ3) is 4.55. The summed E-state index contributed by atoms with van der Waals surface area (Å²) in [6.45, 7) is 0. The van der Waals surface area contributed by atoms with Gasteiger partial charge in [-0.05, 0) is 89.3 Å². The number of rotatable bonds is 6. The van der Waals surface area contributed by atoms with Crippen LogP contribution in [0.15, 0.2) is 91.0 Å². The zero-order chi connectivity index (χ0) is 25.2. The van der Waals surface area contributed by atoms with Gasteiger partial charge in [-0.15, -0.1) is 0 Å². The number of methoxy groups -OCH3 is 1. The van der Waals surface area contributed by atoms with Crippen LogP contribution in [0.4, 0.5) is 11.4 Å². The van der Waals surface area contributed by atoms with Crippen molar-refractivity contribution < 1.29 is 23.9 Å². The van der Waals surface area contributed by atoms with E-state index < -0.39 is 11.8 Å². The number of benzene rings is 4. The van der Waals surface area contributed by atoms with Crippen LogP contribution in [0.2, 0.25) is 0 Å². The predicted molar refractivity (Wildman–Crippen MR) is 144 cm³/mol. The van der Waals surface area contributed by atoms with Crippen LogP contribution < -0.4 is 19.7 Å². The van der Waals surface area contributed by atoms with Gasteiger partial charge in [-0.3, -0.25) is 14.4 Å². The van der Waals surface area contributed by atoms with E-state index in [1.807, 2.05) is 18.2 Å². The number of hydrogen-bond donors (Lipinski definition) is 1. The molecule has 0 atom stereocenters. The summed E-state index contributed by atoms with van der Waals surface area (Å²) in [7, 11) is 1.55. The average molecular weight is 590 g/mol. The first-order chi connectivity index (χ1) is 17.4. The molecule has 1 aliphatic heterocycles. The monoisotopic (exact) mass is 590 g/mol. The Balaban J connectivity index is 1.34. The summed E-state index contributed by atoms with van der Waals surface area (Å²) < 4.78 is 12.0. The van der Waals surface area contributed by atoms with Gasteiger partial charge in [0, 0.05) is 15.3 Å². The maximum Gasteiger partial charge on any atom is 0.266 e. The van der Waals surface area contributed by atoms with Crippen molar-refractivity contribution in [2.75, 3.05) is 17.3 Å². The molecule has 0 fully saturated rings. The van der Waals surface area contributed by atoms with Crippen LogP contribution in [0, 0.1) is 3.57 Å². The molecule has 36 heavy (non-hydrogen) atoms. The number of nitrogens with one attached hydrogen (secondary N) is 1.